The third kappa shape index (κ3) is 4.97. The van der Waals surface area contributed by atoms with E-state index in [-0.39, 0.29) is 0 Å². The molecule has 0 spiro atoms. The summed E-state index contributed by atoms with van der Waals surface area (Å²) in [7, 11) is 0. The van der Waals surface area contributed by atoms with Crippen molar-refractivity contribution in [1.29, 1.82) is 0 Å². The molecule has 5 heteroatoms. The average molecular weight is 403 g/mol. The summed E-state index contributed by atoms with van der Waals surface area (Å²) < 4.78 is 0. The van der Waals surface area contributed by atoms with E-state index in [2.05, 4.69) is 22.3 Å². The molecule has 4 rings (SSSR count). The maximum atomic E-state index is 11.4. The van der Waals surface area contributed by atoms with E-state index in [4.69, 9.17) is 10.7 Å². The van der Waals surface area contributed by atoms with Crippen LogP contribution in [0.5, 0.6) is 0 Å². The van der Waals surface area contributed by atoms with Crippen LogP contribution in [0.15, 0.2) is 54.6 Å². The number of likely N-dealkylation sites (tertiary alicyclic amines) is 1. The van der Waals surface area contributed by atoms with E-state index in [0.717, 1.165) is 47.4 Å². The summed E-state index contributed by atoms with van der Waals surface area (Å²) in [5.41, 5.74) is 9.79. The van der Waals surface area contributed by atoms with Gasteiger partial charge in [0.1, 0.15) is 0 Å². The number of anilines is 1. The van der Waals surface area contributed by atoms with Gasteiger partial charge in [-0.25, -0.2) is 4.98 Å². The predicted octanol–water partition coefficient (Wildman–Crippen LogP) is 4.68. The Balaban J connectivity index is 1.49. The maximum absolute atomic E-state index is 11.4. The quantitative estimate of drug-likeness (QED) is 0.563. The number of benzene rings is 2. The molecule has 1 fully saturated rings. The summed E-state index contributed by atoms with van der Waals surface area (Å²) in [6, 6.07) is 17.6. The lowest BCUT2D eigenvalue weighted by Crippen LogP contribution is -2.27. The molecule has 5 nitrogen and oxygen atoms in total. The molecule has 0 radical (unpaired) electrons. The first kappa shape index (κ1) is 20.4. The number of carbonyl (C=O) groups is 1. The van der Waals surface area contributed by atoms with Gasteiger partial charge in [0.05, 0.1) is 11.2 Å². The van der Waals surface area contributed by atoms with Gasteiger partial charge in [-0.05, 0) is 63.2 Å². The fourth-order valence-corrected chi connectivity index (χ4v) is 4.16. The largest absolute Gasteiger partial charge is 0.384 e. The van der Waals surface area contributed by atoms with E-state index in [1.807, 2.05) is 30.3 Å². The minimum absolute atomic E-state index is 0.417. The molecule has 0 atom stereocenters. The van der Waals surface area contributed by atoms with E-state index in [0.29, 0.717) is 5.56 Å². The van der Waals surface area contributed by atoms with Gasteiger partial charge in [-0.15, -0.1) is 0 Å². The average Bonchev–Trinajstić information content (AvgIpc) is 3.05. The van der Waals surface area contributed by atoms with Gasteiger partial charge in [0.25, 0.3) is 0 Å². The number of rotatable bonds is 7. The molecule has 1 aliphatic heterocycles. The van der Waals surface area contributed by atoms with Gasteiger partial charge in [-0.1, -0.05) is 43.2 Å². The van der Waals surface area contributed by atoms with Gasteiger partial charge >= 0.3 is 0 Å². The first-order valence-electron chi connectivity index (χ1n) is 11.0. The Labute approximate surface area is 178 Å². The Morgan fingerprint density at radius 3 is 2.47 bits per heavy atom. The van der Waals surface area contributed by atoms with Crippen LogP contribution in [0.2, 0.25) is 0 Å². The summed E-state index contributed by atoms with van der Waals surface area (Å²) in [4.78, 5) is 18.8. The predicted molar refractivity (Wildman–Crippen MR) is 124 cm³/mol. The second kappa shape index (κ2) is 9.72. The normalized spacial score (nSPS) is 15.1. The zero-order chi connectivity index (χ0) is 20.8. The maximum Gasteiger partial charge on any atom is 0.248 e. The number of pyridine rings is 1. The van der Waals surface area contributed by atoms with Crippen molar-refractivity contribution in [2.45, 2.75) is 32.1 Å². The lowest BCUT2D eigenvalue weighted by Gasteiger charge is -2.20. The van der Waals surface area contributed by atoms with Crippen molar-refractivity contribution in [2.75, 3.05) is 31.5 Å². The van der Waals surface area contributed by atoms with Gasteiger partial charge in [0.15, 0.2) is 0 Å². The molecule has 2 aromatic carbocycles. The standard InChI is InChI=1S/C25H30N4O/c26-25(30)20-12-10-19(11-13-20)23-18-24(21-8-3-4-9-22(21)28-23)27-14-7-17-29-15-5-1-2-6-16-29/h3-4,8-13,18H,1-2,5-7,14-17H2,(H2,26,30)(H,27,28). The number of amides is 1. The number of primary amides is 1. The highest BCUT2D eigenvalue weighted by atomic mass is 16.1. The minimum Gasteiger partial charge on any atom is -0.384 e. The molecule has 156 valence electrons. The molecular formula is C25H30N4O. The van der Waals surface area contributed by atoms with Crippen LogP contribution in [-0.2, 0) is 0 Å². The second-order valence-corrected chi connectivity index (χ2v) is 8.05. The lowest BCUT2D eigenvalue weighted by atomic mass is 10.1. The third-order valence-corrected chi connectivity index (χ3v) is 5.85. The molecule has 0 bridgehead atoms. The molecule has 3 N–H and O–H groups in total. The van der Waals surface area contributed by atoms with Crippen molar-refractivity contribution in [3.63, 3.8) is 0 Å². The molecule has 1 aromatic heterocycles. The van der Waals surface area contributed by atoms with Gasteiger partial charge in [-0.3, -0.25) is 4.79 Å². The van der Waals surface area contributed by atoms with Crippen LogP contribution in [0.4, 0.5) is 5.69 Å². The number of nitrogens with two attached hydrogens (primary N) is 1. The summed E-state index contributed by atoms with van der Waals surface area (Å²) in [6.07, 6.45) is 6.54. The van der Waals surface area contributed by atoms with Crippen molar-refractivity contribution in [1.82, 2.24) is 9.88 Å². The zero-order valence-corrected chi connectivity index (χ0v) is 17.4. The Bertz CT molecular complexity index is 992. The third-order valence-electron chi connectivity index (χ3n) is 5.85. The summed E-state index contributed by atoms with van der Waals surface area (Å²) in [5.74, 6) is -0.417. The van der Waals surface area contributed by atoms with Crippen LogP contribution in [-0.4, -0.2) is 42.0 Å². The highest BCUT2D eigenvalue weighted by Crippen LogP contribution is 2.28. The van der Waals surface area contributed by atoms with E-state index in [1.54, 1.807) is 12.1 Å². The second-order valence-electron chi connectivity index (χ2n) is 8.05. The first-order chi connectivity index (χ1) is 14.7. The minimum atomic E-state index is -0.417. The monoisotopic (exact) mass is 402 g/mol. The topological polar surface area (TPSA) is 71.2 Å². The van der Waals surface area contributed by atoms with E-state index < -0.39 is 5.91 Å². The fraction of sp³-hybridized carbons (Fsp3) is 0.360. The van der Waals surface area contributed by atoms with Crippen LogP contribution >= 0.6 is 0 Å². The number of nitrogens with zero attached hydrogens (tertiary/aromatic N) is 2. The van der Waals surface area contributed by atoms with Gasteiger partial charge < -0.3 is 16.0 Å². The number of para-hydroxylation sites is 1. The van der Waals surface area contributed by atoms with Gasteiger partial charge in [0, 0.05) is 28.7 Å². The fourth-order valence-electron chi connectivity index (χ4n) is 4.16. The summed E-state index contributed by atoms with van der Waals surface area (Å²) >= 11 is 0. The Kier molecular flexibility index (Phi) is 6.60. The van der Waals surface area contributed by atoms with Crippen LogP contribution in [0.25, 0.3) is 22.2 Å². The lowest BCUT2D eigenvalue weighted by molar-refractivity contribution is 0.100. The first-order valence-corrected chi connectivity index (χ1v) is 11.0. The molecule has 30 heavy (non-hydrogen) atoms. The Morgan fingerprint density at radius 1 is 1.00 bits per heavy atom. The molecule has 0 aliphatic carbocycles. The molecule has 3 aromatic rings. The molecule has 2 heterocycles. The van der Waals surface area contributed by atoms with Gasteiger partial charge in [-0.2, -0.15) is 0 Å². The molecule has 0 unspecified atom stereocenters. The number of hydrogen-bond acceptors (Lipinski definition) is 4. The van der Waals surface area contributed by atoms with Crippen molar-refractivity contribution in [3.05, 3.63) is 60.2 Å². The SMILES string of the molecule is NC(=O)c1ccc(-c2cc(NCCCN3CCCCCC3)c3ccccc3n2)cc1. The van der Waals surface area contributed by atoms with Crippen LogP contribution < -0.4 is 11.1 Å². The van der Waals surface area contributed by atoms with E-state index in [1.165, 1.54) is 38.8 Å². The highest BCUT2D eigenvalue weighted by molar-refractivity contribution is 5.95. The zero-order valence-electron chi connectivity index (χ0n) is 17.4. The number of aromatic nitrogens is 1. The number of fused-ring (bicyclic) bond motifs is 1. The Hall–Kier alpha value is -2.92. The highest BCUT2D eigenvalue weighted by Gasteiger charge is 2.10. The van der Waals surface area contributed by atoms with Crippen molar-refractivity contribution in [2.24, 2.45) is 5.73 Å². The Morgan fingerprint density at radius 2 is 1.73 bits per heavy atom. The molecule has 0 saturated carbocycles. The molecule has 1 amide bonds. The molecule has 1 aliphatic rings. The van der Waals surface area contributed by atoms with Crippen molar-refractivity contribution in [3.8, 4) is 11.3 Å². The van der Waals surface area contributed by atoms with E-state index in [9.17, 15) is 4.79 Å². The number of nitrogens with one attached hydrogen (secondary N) is 1. The van der Waals surface area contributed by atoms with Crippen LogP contribution in [0.1, 0.15) is 42.5 Å². The van der Waals surface area contributed by atoms with Crippen LogP contribution in [0.3, 0.4) is 0 Å². The van der Waals surface area contributed by atoms with E-state index >= 15 is 0 Å². The smallest absolute Gasteiger partial charge is 0.248 e. The van der Waals surface area contributed by atoms with Crippen LogP contribution in [0, 0.1) is 0 Å². The summed E-state index contributed by atoms with van der Waals surface area (Å²) in [5, 5.41) is 4.77. The summed E-state index contributed by atoms with van der Waals surface area (Å²) in [6.45, 7) is 4.56. The molecule has 1 saturated heterocycles. The van der Waals surface area contributed by atoms with Crippen molar-refractivity contribution < 1.29 is 4.79 Å². The number of carbonyl (C=O) groups excluding carboxylic acids is 1. The van der Waals surface area contributed by atoms with Crippen molar-refractivity contribution >= 4 is 22.5 Å². The van der Waals surface area contributed by atoms with Gasteiger partial charge in [0.2, 0.25) is 5.91 Å². The molecular weight excluding hydrogens is 372 g/mol. The number of hydrogen-bond donors (Lipinski definition) is 2.